The highest BCUT2D eigenvalue weighted by Crippen LogP contribution is 2.37. The van der Waals surface area contributed by atoms with E-state index in [-0.39, 0.29) is 0 Å². The van der Waals surface area contributed by atoms with Gasteiger partial charge in [-0.2, -0.15) is 11.3 Å². The minimum Gasteiger partial charge on any atom is -0.151 e. The fourth-order valence-electron chi connectivity index (χ4n) is 3.37. The highest BCUT2D eigenvalue weighted by molar-refractivity contribution is 7.09. The van der Waals surface area contributed by atoms with Crippen molar-refractivity contribution in [3.05, 3.63) is 71.4 Å². The van der Waals surface area contributed by atoms with E-state index in [0.717, 1.165) is 0 Å². The molecule has 0 unspecified atom stereocenters. The van der Waals surface area contributed by atoms with Crippen LogP contribution in [0.5, 0.6) is 0 Å². The molecule has 0 saturated heterocycles. The number of benzene rings is 4. The molecule has 0 bridgehead atoms. The third-order valence-electron chi connectivity index (χ3n) is 4.34. The Morgan fingerprint density at radius 1 is 0.476 bits per heavy atom. The third kappa shape index (κ3) is 1.50. The first-order chi connectivity index (χ1) is 10.4. The van der Waals surface area contributed by atoms with Crippen LogP contribution < -0.4 is 0 Å². The second kappa shape index (κ2) is 4.06. The van der Waals surface area contributed by atoms with E-state index in [1.807, 2.05) is 0 Å². The first-order valence-electron chi connectivity index (χ1n) is 7.11. The highest BCUT2D eigenvalue weighted by Gasteiger charge is 2.09. The third-order valence-corrected chi connectivity index (χ3v) is 5.12. The van der Waals surface area contributed by atoms with Crippen molar-refractivity contribution >= 4 is 54.4 Å². The average molecular weight is 284 g/mol. The van der Waals surface area contributed by atoms with E-state index in [4.69, 9.17) is 0 Å². The molecule has 0 radical (unpaired) electrons. The van der Waals surface area contributed by atoms with Crippen molar-refractivity contribution in [2.24, 2.45) is 0 Å². The lowest BCUT2D eigenvalue weighted by Crippen LogP contribution is -1.82. The van der Waals surface area contributed by atoms with E-state index >= 15 is 0 Å². The second-order valence-electron chi connectivity index (χ2n) is 5.49. The van der Waals surface area contributed by atoms with Gasteiger partial charge in [-0.3, -0.25) is 0 Å². The number of hydrogen-bond acceptors (Lipinski definition) is 1. The number of fused-ring (bicyclic) bond motifs is 7. The molecule has 0 fully saturated rings. The van der Waals surface area contributed by atoms with Crippen molar-refractivity contribution in [3.8, 4) is 0 Å². The SMILES string of the molecule is c1ccc2c(c1)c1ccccc1c1cc3cscc3cc21. The van der Waals surface area contributed by atoms with E-state index < -0.39 is 0 Å². The minimum atomic E-state index is 1.34. The van der Waals surface area contributed by atoms with Gasteiger partial charge in [-0.25, -0.2) is 0 Å². The molecule has 0 spiro atoms. The fraction of sp³-hybridized carbons (Fsp3) is 0. The summed E-state index contributed by atoms with van der Waals surface area (Å²) in [7, 11) is 0. The van der Waals surface area contributed by atoms with E-state index in [0.29, 0.717) is 0 Å². The van der Waals surface area contributed by atoms with Crippen LogP contribution in [0.25, 0.3) is 43.1 Å². The molecule has 5 aromatic rings. The van der Waals surface area contributed by atoms with Crippen LogP contribution in [-0.4, -0.2) is 0 Å². The van der Waals surface area contributed by atoms with Crippen LogP contribution >= 0.6 is 11.3 Å². The lowest BCUT2D eigenvalue weighted by molar-refractivity contribution is 1.80. The molecule has 0 aliphatic heterocycles. The van der Waals surface area contributed by atoms with Crippen molar-refractivity contribution in [3.63, 3.8) is 0 Å². The maximum atomic E-state index is 2.34. The van der Waals surface area contributed by atoms with E-state index in [2.05, 4.69) is 71.4 Å². The smallest absolute Gasteiger partial charge is 0.00143 e. The summed E-state index contributed by atoms with van der Waals surface area (Å²) >= 11 is 1.77. The van der Waals surface area contributed by atoms with E-state index in [1.165, 1.54) is 43.1 Å². The van der Waals surface area contributed by atoms with Gasteiger partial charge in [0.05, 0.1) is 0 Å². The molecule has 98 valence electrons. The largest absolute Gasteiger partial charge is 0.151 e. The molecule has 0 saturated carbocycles. The Kier molecular flexibility index (Phi) is 2.18. The summed E-state index contributed by atoms with van der Waals surface area (Å²) in [5.41, 5.74) is 0. The normalized spacial score (nSPS) is 11.8. The Bertz CT molecular complexity index is 1040. The molecule has 1 heteroatoms. The van der Waals surface area contributed by atoms with Gasteiger partial charge in [-0.1, -0.05) is 48.5 Å². The topological polar surface area (TPSA) is 0 Å². The fourth-order valence-corrected chi connectivity index (χ4v) is 4.14. The van der Waals surface area contributed by atoms with Crippen LogP contribution in [0.15, 0.2) is 71.4 Å². The number of thiophene rings is 1. The maximum absolute atomic E-state index is 2.34. The molecule has 0 amide bonds. The Morgan fingerprint density at radius 3 is 1.29 bits per heavy atom. The molecule has 1 aromatic heterocycles. The van der Waals surface area contributed by atoms with Gasteiger partial charge in [0.25, 0.3) is 0 Å². The molecule has 0 atom stereocenters. The van der Waals surface area contributed by atoms with E-state index in [9.17, 15) is 0 Å². The molecule has 21 heavy (non-hydrogen) atoms. The first kappa shape index (κ1) is 11.3. The van der Waals surface area contributed by atoms with Crippen LogP contribution in [0.2, 0.25) is 0 Å². The lowest BCUT2D eigenvalue weighted by Gasteiger charge is -2.10. The van der Waals surface area contributed by atoms with Crippen LogP contribution in [0.4, 0.5) is 0 Å². The van der Waals surface area contributed by atoms with Gasteiger partial charge in [-0.15, -0.1) is 0 Å². The Balaban J connectivity index is 2.21. The van der Waals surface area contributed by atoms with Crippen molar-refractivity contribution < 1.29 is 0 Å². The van der Waals surface area contributed by atoms with Crippen molar-refractivity contribution in [2.45, 2.75) is 0 Å². The first-order valence-corrected chi connectivity index (χ1v) is 8.05. The second-order valence-corrected chi connectivity index (χ2v) is 6.23. The molecule has 0 nitrogen and oxygen atoms in total. The van der Waals surface area contributed by atoms with Gasteiger partial charge in [0.2, 0.25) is 0 Å². The summed E-state index contributed by atoms with van der Waals surface area (Å²) in [5, 5.41) is 15.2. The quantitative estimate of drug-likeness (QED) is 0.290. The highest BCUT2D eigenvalue weighted by atomic mass is 32.1. The van der Waals surface area contributed by atoms with Crippen LogP contribution in [0.1, 0.15) is 0 Å². The van der Waals surface area contributed by atoms with Gasteiger partial charge >= 0.3 is 0 Å². The Hall–Kier alpha value is -2.38. The van der Waals surface area contributed by atoms with Crippen LogP contribution in [0.3, 0.4) is 0 Å². The molecule has 1 heterocycles. The Morgan fingerprint density at radius 2 is 0.857 bits per heavy atom. The predicted molar refractivity (Wildman–Crippen MR) is 94.3 cm³/mol. The van der Waals surface area contributed by atoms with Crippen LogP contribution in [0, 0.1) is 0 Å². The van der Waals surface area contributed by atoms with Gasteiger partial charge < -0.3 is 0 Å². The summed E-state index contributed by atoms with van der Waals surface area (Å²) in [6.07, 6.45) is 0. The number of hydrogen-bond donors (Lipinski definition) is 0. The van der Waals surface area contributed by atoms with Gasteiger partial charge in [-0.05, 0) is 66.0 Å². The minimum absolute atomic E-state index is 1.34. The Labute approximate surface area is 126 Å². The summed E-state index contributed by atoms with van der Waals surface area (Å²) < 4.78 is 0. The van der Waals surface area contributed by atoms with Crippen LogP contribution in [-0.2, 0) is 0 Å². The molecular weight excluding hydrogens is 272 g/mol. The zero-order valence-electron chi connectivity index (χ0n) is 11.3. The zero-order valence-corrected chi connectivity index (χ0v) is 12.2. The molecule has 4 aromatic carbocycles. The molecule has 0 aliphatic carbocycles. The van der Waals surface area contributed by atoms with Gasteiger partial charge in [0, 0.05) is 0 Å². The van der Waals surface area contributed by atoms with Gasteiger partial charge in [0.1, 0.15) is 0 Å². The lowest BCUT2D eigenvalue weighted by atomic mass is 9.93. The molecular formula is C20H12S. The summed E-state index contributed by atoms with van der Waals surface area (Å²) in [6.45, 7) is 0. The maximum Gasteiger partial charge on any atom is -0.00143 e. The summed E-state index contributed by atoms with van der Waals surface area (Å²) in [6, 6.07) is 22.1. The monoisotopic (exact) mass is 284 g/mol. The van der Waals surface area contributed by atoms with Crippen molar-refractivity contribution in [2.75, 3.05) is 0 Å². The predicted octanol–water partition coefficient (Wildman–Crippen LogP) is 6.36. The average Bonchev–Trinajstić information content (AvgIpc) is 3.01. The van der Waals surface area contributed by atoms with E-state index in [1.54, 1.807) is 11.3 Å². The summed E-state index contributed by atoms with van der Waals surface area (Å²) in [5.74, 6) is 0. The molecule has 0 N–H and O–H groups in total. The molecule has 0 aliphatic rings. The standard InChI is InChI=1S/C20H12S/c1-3-7-17-15(5-1)16-6-2-4-8-18(16)20-10-14-12-21-11-13(14)9-19(17)20/h1-12H. The van der Waals surface area contributed by atoms with Crippen molar-refractivity contribution in [1.82, 2.24) is 0 Å². The molecule has 5 rings (SSSR count). The van der Waals surface area contributed by atoms with Crippen molar-refractivity contribution in [1.29, 1.82) is 0 Å². The number of rotatable bonds is 0. The zero-order chi connectivity index (χ0) is 13.8. The summed E-state index contributed by atoms with van der Waals surface area (Å²) in [4.78, 5) is 0. The van der Waals surface area contributed by atoms with Gasteiger partial charge in [0.15, 0.2) is 0 Å².